The fourth-order valence-electron chi connectivity index (χ4n) is 2.56. The van der Waals surface area contributed by atoms with Crippen molar-refractivity contribution in [3.63, 3.8) is 0 Å². The van der Waals surface area contributed by atoms with Crippen molar-refractivity contribution < 1.29 is 0 Å². The average Bonchev–Trinajstić information content (AvgIpc) is 2.40. The summed E-state index contributed by atoms with van der Waals surface area (Å²) in [5, 5.41) is 3.61. The van der Waals surface area contributed by atoms with Crippen LogP contribution in [0, 0.1) is 6.92 Å². The van der Waals surface area contributed by atoms with Crippen molar-refractivity contribution in [2.75, 3.05) is 18.0 Å². The predicted molar refractivity (Wildman–Crippen MR) is 74.7 cm³/mol. The molecule has 1 N–H and O–H groups in total. The second-order valence-corrected chi connectivity index (χ2v) is 5.82. The zero-order valence-electron chi connectivity index (χ0n) is 11.5. The van der Waals surface area contributed by atoms with Crippen molar-refractivity contribution in [3.8, 4) is 0 Å². The van der Waals surface area contributed by atoms with Crippen LogP contribution in [0.4, 0.5) is 5.69 Å². The highest BCUT2D eigenvalue weighted by atomic mass is 15.2. The summed E-state index contributed by atoms with van der Waals surface area (Å²) < 4.78 is 0. The zero-order chi connectivity index (χ0) is 12.5. The number of nitrogens with one attached hydrogen (secondary N) is 1. The minimum absolute atomic E-state index is 0.177. The minimum Gasteiger partial charge on any atom is -0.365 e. The summed E-state index contributed by atoms with van der Waals surface area (Å²) in [5.41, 5.74) is 2.93. The van der Waals surface area contributed by atoms with Gasteiger partial charge in [-0.2, -0.15) is 0 Å². The minimum atomic E-state index is 0.177. The summed E-state index contributed by atoms with van der Waals surface area (Å²) in [7, 11) is 0. The number of benzene rings is 1. The number of anilines is 1. The molecule has 17 heavy (non-hydrogen) atoms. The molecule has 94 valence electrons. The Morgan fingerprint density at radius 3 is 2.71 bits per heavy atom. The van der Waals surface area contributed by atoms with Crippen LogP contribution < -0.4 is 10.2 Å². The quantitative estimate of drug-likeness (QED) is 0.801. The summed E-state index contributed by atoms with van der Waals surface area (Å²) in [5.74, 6) is 0. The van der Waals surface area contributed by atoms with Crippen LogP contribution in [0.5, 0.6) is 0 Å². The summed E-state index contributed by atoms with van der Waals surface area (Å²) in [6.45, 7) is 11.3. The Morgan fingerprint density at radius 1 is 1.29 bits per heavy atom. The van der Waals surface area contributed by atoms with Gasteiger partial charge in [0.1, 0.15) is 0 Å². The number of para-hydroxylation sites is 1. The average molecular weight is 232 g/mol. The van der Waals surface area contributed by atoms with Gasteiger partial charge in [-0.05, 0) is 45.7 Å². The molecule has 0 radical (unpaired) electrons. The first-order valence-corrected chi connectivity index (χ1v) is 6.57. The normalized spacial score (nSPS) is 24.5. The van der Waals surface area contributed by atoms with E-state index < -0.39 is 0 Å². The highest BCUT2D eigenvalue weighted by Gasteiger charge is 2.30. The standard InChI is InChI=1S/C15H24N2/c1-12-7-5-6-8-14(12)17-10-9-13(2)16-11-15(17,3)4/h5-8,13,16H,9-11H2,1-4H3. The molecule has 1 aliphatic rings. The van der Waals surface area contributed by atoms with E-state index in [0.717, 1.165) is 13.1 Å². The van der Waals surface area contributed by atoms with Gasteiger partial charge in [-0.3, -0.25) is 0 Å². The first kappa shape index (κ1) is 12.4. The van der Waals surface area contributed by atoms with Gasteiger partial charge in [0.05, 0.1) is 0 Å². The number of aryl methyl sites for hydroxylation is 1. The summed E-state index contributed by atoms with van der Waals surface area (Å²) in [6, 6.07) is 9.31. The molecular formula is C15H24N2. The van der Waals surface area contributed by atoms with Gasteiger partial charge < -0.3 is 10.2 Å². The number of nitrogens with zero attached hydrogens (tertiary/aromatic N) is 1. The molecule has 0 bridgehead atoms. The van der Waals surface area contributed by atoms with Crippen LogP contribution in [0.1, 0.15) is 32.8 Å². The largest absolute Gasteiger partial charge is 0.365 e. The molecule has 0 saturated carbocycles. The van der Waals surface area contributed by atoms with Crippen molar-refractivity contribution >= 4 is 5.69 Å². The van der Waals surface area contributed by atoms with E-state index in [-0.39, 0.29) is 5.54 Å². The lowest BCUT2D eigenvalue weighted by Gasteiger charge is -2.39. The van der Waals surface area contributed by atoms with E-state index in [9.17, 15) is 0 Å². The van der Waals surface area contributed by atoms with Crippen LogP contribution in [-0.4, -0.2) is 24.7 Å². The predicted octanol–water partition coefficient (Wildman–Crippen LogP) is 2.96. The van der Waals surface area contributed by atoms with Crippen LogP contribution >= 0.6 is 0 Å². The third kappa shape index (κ3) is 2.63. The van der Waals surface area contributed by atoms with E-state index in [1.165, 1.54) is 17.7 Å². The first-order valence-electron chi connectivity index (χ1n) is 6.57. The molecule has 2 heteroatoms. The summed E-state index contributed by atoms with van der Waals surface area (Å²) in [4.78, 5) is 2.55. The monoisotopic (exact) mass is 232 g/mol. The molecule has 1 atom stereocenters. The molecule has 0 aliphatic carbocycles. The summed E-state index contributed by atoms with van der Waals surface area (Å²) >= 11 is 0. The van der Waals surface area contributed by atoms with E-state index in [1.807, 2.05) is 0 Å². The zero-order valence-corrected chi connectivity index (χ0v) is 11.5. The van der Waals surface area contributed by atoms with Crippen molar-refractivity contribution in [1.29, 1.82) is 0 Å². The Bertz CT molecular complexity index is 384. The molecule has 0 spiro atoms. The second-order valence-electron chi connectivity index (χ2n) is 5.82. The van der Waals surface area contributed by atoms with Gasteiger partial charge in [-0.1, -0.05) is 18.2 Å². The molecule has 1 aromatic carbocycles. The van der Waals surface area contributed by atoms with E-state index in [2.05, 4.69) is 62.2 Å². The molecule has 1 aliphatic heterocycles. The maximum Gasteiger partial charge on any atom is 0.0470 e. The molecular weight excluding hydrogens is 208 g/mol. The van der Waals surface area contributed by atoms with E-state index in [0.29, 0.717) is 6.04 Å². The van der Waals surface area contributed by atoms with Gasteiger partial charge >= 0.3 is 0 Å². The van der Waals surface area contributed by atoms with Gasteiger partial charge in [-0.15, -0.1) is 0 Å². The fourth-order valence-corrected chi connectivity index (χ4v) is 2.56. The molecule has 0 aromatic heterocycles. The van der Waals surface area contributed by atoms with Crippen LogP contribution in [-0.2, 0) is 0 Å². The summed E-state index contributed by atoms with van der Waals surface area (Å²) in [6.07, 6.45) is 1.21. The molecule has 1 saturated heterocycles. The maximum atomic E-state index is 3.61. The SMILES string of the molecule is Cc1ccccc1N1CCC(C)NCC1(C)C. The fraction of sp³-hybridized carbons (Fsp3) is 0.600. The topological polar surface area (TPSA) is 15.3 Å². The highest BCUT2D eigenvalue weighted by molar-refractivity contribution is 5.55. The Kier molecular flexibility index (Phi) is 3.43. The van der Waals surface area contributed by atoms with E-state index >= 15 is 0 Å². The van der Waals surface area contributed by atoms with Gasteiger partial charge in [-0.25, -0.2) is 0 Å². The second kappa shape index (κ2) is 4.69. The molecule has 1 aromatic rings. The van der Waals surface area contributed by atoms with Gasteiger partial charge in [0, 0.05) is 30.4 Å². The molecule has 1 unspecified atom stereocenters. The lowest BCUT2D eigenvalue weighted by Crippen LogP contribution is -2.49. The van der Waals surface area contributed by atoms with Crippen LogP contribution in [0.3, 0.4) is 0 Å². The molecule has 2 rings (SSSR count). The molecule has 1 heterocycles. The Hall–Kier alpha value is -1.02. The van der Waals surface area contributed by atoms with Crippen molar-refractivity contribution in [1.82, 2.24) is 5.32 Å². The number of rotatable bonds is 1. The Balaban J connectivity index is 2.32. The van der Waals surface area contributed by atoms with E-state index in [4.69, 9.17) is 0 Å². The first-order chi connectivity index (χ1) is 8.00. The molecule has 0 amide bonds. The Labute approximate surface area is 105 Å². The highest BCUT2D eigenvalue weighted by Crippen LogP contribution is 2.28. The van der Waals surface area contributed by atoms with Crippen LogP contribution in [0.15, 0.2) is 24.3 Å². The van der Waals surface area contributed by atoms with Gasteiger partial charge in [0.15, 0.2) is 0 Å². The van der Waals surface area contributed by atoms with Crippen LogP contribution in [0.25, 0.3) is 0 Å². The van der Waals surface area contributed by atoms with Crippen molar-refractivity contribution in [2.24, 2.45) is 0 Å². The third-order valence-corrected chi connectivity index (χ3v) is 3.81. The molecule has 2 nitrogen and oxygen atoms in total. The van der Waals surface area contributed by atoms with Crippen LogP contribution in [0.2, 0.25) is 0 Å². The number of hydrogen-bond acceptors (Lipinski definition) is 2. The third-order valence-electron chi connectivity index (χ3n) is 3.81. The van der Waals surface area contributed by atoms with Crippen molar-refractivity contribution in [2.45, 2.75) is 45.7 Å². The van der Waals surface area contributed by atoms with Crippen molar-refractivity contribution in [3.05, 3.63) is 29.8 Å². The lowest BCUT2D eigenvalue weighted by molar-refractivity contribution is 0.447. The Morgan fingerprint density at radius 2 is 2.00 bits per heavy atom. The molecule has 1 fully saturated rings. The van der Waals surface area contributed by atoms with Gasteiger partial charge in [0.25, 0.3) is 0 Å². The smallest absolute Gasteiger partial charge is 0.0470 e. The van der Waals surface area contributed by atoms with Gasteiger partial charge in [0.2, 0.25) is 0 Å². The lowest BCUT2D eigenvalue weighted by atomic mass is 10.0. The maximum absolute atomic E-state index is 3.61. The number of hydrogen-bond donors (Lipinski definition) is 1. The van der Waals surface area contributed by atoms with E-state index in [1.54, 1.807) is 0 Å².